The third-order valence-electron chi connectivity index (χ3n) is 2.29. The first-order valence-electron chi connectivity index (χ1n) is 4.90. The second kappa shape index (κ2) is 5.71. The van der Waals surface area contributed by atoms with E-state index >= 15 is 0 Å². The molecule has 1 heterocycles. The predicted octanol–water partition coefficient (Wildman–Crippen LogP) is 3.40. The monoisotopic (exact) mass is 232 g/mol. The summed E-state index contributed by atoms with van der Waals surface area (Å²) >= 11 is 7.86. The van der Waals surface area contributed by atoms with E-state index in [1.165, 1.54) is 17.7 Å². The molecule has 2 nitrogen and oxygen atoms in total. The third-order valence-corrected chi connectivity index (χ3v) is 4.12. The van der Waals surface area contributed by atoms with Crippen molar-refractivity contribution in [3.8, 4) is 0 Å². The van der Waals surface area contributed by atoms with Gasteiger partial charge in [0.2, 0.25) is 0 Å². The van der Waals surface area contributed by atoms with E-state index in [4.69, 9.17) is 17.4 Å². The van der Waals surface area contributed by atoms with E-state index in [0.29, 0.717) is 0 Å². The molecule has 1 aromatic rings. The van der Waals surface area contributed by atoms with Gasteiger partial charge in [0, 0.05) is 4.88 Å². The topological polar surface area (TPSA) is 38.0 Å². The highest BCUT2D eigenvalue weighted by atomic mass is 35.5. The molecule has 1 rings (SSSR count). The maximum absolute atomic E-state index is 6.18. The van der Waals surface area contributed by atoms with Crippen LogP contribution in [0.2, 0.25) is 5.02 Å². The van der Waals surface area contributed by atoms with Crippen LogP contribution in [0, 0.1) is 6.92 Å². The van der Waals surface area contributed by atoms with Crippen LogP contribution in [0.15, 0.2) is 5.38 Å². The lowest BCUT2D eigenvalue weighted by Gasteiger charge is -2.14. The highest BCUT2D eigenvalue weighted by molar-refractivity contribution is 7.10. The number of aryl methyl sites for hydroxylation is 1. The third kappa shape index (κ3) is 2.70. The SMILES string of the molecule is CCCCC(NN)c1scc(C)c1Cl. The van der Waals surface area contributed by atoms with Crippen molar-refractivity contribution < 1.29 is 0 Å². The van der Waals surface area contributed by atoms with Gasteiger partial charge in [-0.15, -0.1) is 11.3 Å². The molecule has 0 bridgehead atoms. The van der Waals surface area contributed by atoms with E-state index in [2.05, 4.69) is 17.7 Å². The summed E-state index contributed by atoms with van der Waals surface area (Å²) in [7, 11) is 0. The van der Waals surface area contributed by atoms with Crippen molar-refractivity contribution in [2.45, 2.75) is 39.2 Å². The minimum absolute atomic E-state index is 0.209. The first-order valence-corrected chi connectivity index (χ1v) is 6.16. The summed E-state index contributed by atoms with van der Waals surface area (Å²) in [5.74, 6) is 5.52. The van der Waals surface area contributed by atoms with Gasteiger partial charge in [-0.3, -0.25) is 11.3 Å². The van der Waals surface area contributed by atoms with Gasteiger partial charge in [0.25, 0.3) is 0 Å². The van der Waals surface area contributed by atoms with Gasteiger partial charge < -0.3 is 0 Å². The summed E-state index contributed by atoms with van der Waals surface area (Å²) in [6.07, 6.45) is 3.40. The molecule has 0 aliphatic rings. The molecule has 1 aromatic heterocycles. The van der Waals surface area contributed by atoms with Crippen LogP contribution in [0.25, 0.3) is 0 Å². The molecule has 14 heavy (non-hydrogen) atoms. The largest absolute Gasteiger partial charge is 0.271 e. The maximum Gasteiger partial charge on any atom is 0.0590 e. The smallest absolute Gasteiger partial charge is 0.0590 e. The van der Waals surface area contributed by atoms with E-state index in [1.54, 1.807) is 11.3 Å². The van der Waals surface area contributed by atoms with Gasteiger partial charge in [0.15, 0.2) is 0 Å². The summed E-state index contributed by atoms with van der Waals surface area (Å²) in [5, 5.41) is 2.95. The van der Waals surface area contributed by atoms with Gasteiger partial charge in [-0.2, -0.15) is 0 Å². The molecule has 0 fully saturated rings. The van der Waals surface area contributed by atoms with Crippen LogP contribution >= 0.6 is 22.9 Å². The van der Waals surface area contributed by atoms with E-state index < -0.39 is 0 Å². The summed E-state index contributed by atoms with van der Waals surface area (Å²) < 4.78 is 0. The molecule has 1 unspecified atom stereocenters. The molecule has 0 saturated heterocycles. The highest BCUT2D eigenvalue weighted by Gasteiger charge is 2.15. The first kappa shape index (κ1) is 12.0. The number of halogens is 1. The molecule has 0 aliphatic heterocycles. The van der Waals surface area contributed by atoms with Crippen LogP contribution in [0.1, 0.15) is 42.7 Å². The average molecular weight is 233 g/mol. The lowest BCUT2D eigenvalue weighted by molar-refractivity contribution is 0.502. The molecule has 1 atom stereocenters. The molecule has 0 aliphatic carbocycles. The van der Waals surface area contributed by atoms with E-state index in [0.717, 1.165) is 17.0 Å². The zero-order valence-corrected chi connectivity index (χ0v) is 10.2. The normalized spacial score (nSPS) is 13.1. The van der Waals surface area contributed by atoms with Gasteiger partial charge in [-0.05, 0) is 24.3 Å². The minimum atomic E-state index is 0.209. The number of hydrazine groups is 1. The van der Waals surface area contributed by atoms with Gasteiger partial charge in [-0.1, -0.05) is 31.4 Å². The number of hydrogen-bond donors (Lipinski definition) is 2. The molecular weight excluding hydrogens is 216 g/mol. The molecule has 0 saturated carbocycles. The number of thiophene rings is 1. The van der Waals surface area contributed by atoms with Crippen molar-refractivity contribution >= 4 is 22.9 Å². The van der Waals surface area contributed by atoms with Crippen LogP contribution < -0.4 is 11.3 Å². The summed E-state index contributed by atoms with van der Waals surface area (Å²) in [6.45, 7) is 4.20. The molecule has 0 amide bonds. The zero-order valence-electron chi connectivity index (χ0n) is 8.64. The van der Waals surface area contributed by atoms with Gasteiger partial charge in [0.1, 0.15) is 0 Å². The van der Waals surface area contributed by atoms with Crippen molar-refractivity contribution in [2.75, 3.05) is 0 Å². The maximum atomic E-state index is 6.18. The fraction of sp³-hybridized carbons (Fsp3) is 0.600. The Bertz CT molecular complexity index is 286. The van der Waals surface area contributed by atoms with E-state index in [9.17, 15) is 0 Å². The Hall–Kier alpha value is -0.0900. The second-order valence-corrected chi connectivity index (χ2v) is 4.75. The summed E-state index contributed by atoms with van der Waals surface area (Å²) in [5.41, 5.74) is 3.98. The van der Waals surface area contributed by atoms with Crippen LogP contribution in [0.5, 0.6) is 0 Å². The Morgan fingerprint density at radius 3 is 2.79 bits per heavy atom. The first-order chi connectivity index (χ1) is 6.70. The predicted molar refractivity (Wildman–Crippen MR) is 63.7 cm³/mol. The lowest BCUT2D eigenvalue weighted by Crippen LogP contribution is -2.27. The van der Waals surface area contributed by atoms with Crippen molar-refractivity contribution in [1.82, 2.24) is 5.43 Å². The van der Waals surface area contributed by atoms with Gasteiger partial charge in [-0.25, -0.2) is 0 Å². The molecule has 3 N–H and O–H groups in total. The van der Waals surface area contributed by atoms with E-state index in [-0.39, 0.29) is 6.04 Å². The van der Waals surface area contributed by atoms with Crippen molar-refractivity contribution in [2.24, 2.45) is 5.84 Å². The molecule has 0 aromatic carbocycles. The number of rotatable bonds is 5. The van der Waals surface area contributed by atoms with Crippen molar-refractivity contribution in [3.63, 3.8) is 0 Å². The van der Waals surface area contributed by atoms with Crippen molar-refractivity contribution in [1.29, 1.82) is 0 Å². The number of hydrogen-bond acceptors (Lipinski definition) is 3. The average Bonchev–Trinajstić information content (AvgIpc) is 2.51. The van der Waals surface area contributed by atoms with Crippen LogP contribution in [-0.4, -0.2) is 0 Å². The van der Waals surface area contributed by atoms with Crippen LogP contribution in [-0.2, 0) is 0 Å². The lowest BCUT2D eigenvalue weighted by atomic mass is 10.1. The van der Waals surface area contributed by atoms with Crippen LogP contribution in [0.4, 0.5) is 0 Å². The molecular formula is C10H17ClN2S. The van der Waals surface area contributed by atoms with Gasteiger partial charge >= 0.3 is 0 Å². The molecule has 4 heteroatoms. The Kier molecular flexibility index (Phi) is 4.89. The quantitative estimate of drug-likeness (QED) is 0.603. The zero-order chi connectivity index (χ0) is 10.6. The number of nitrogens with two attached hydrogens (primary N) is 1. The number of nitrogens with one attached hydrogen (secondary N) is 1. The highest BCUT2D eigenvalue weighted by Crippen LogP contribution is 2.34. The standard InChI is InChI=1S/C10H17ClN2S/c1-3-4-5-8(13-12)10-9(11)7(2)6-14-10/h6,8,13H,3-5,12H2,1-2H3. The van der Waals surface area contributed by atoms with Crippen LogP contribution in [0.3, 0.4) is 0 Å². The Balaban J connectivity index is 2.73. The summed E-state index contributed by atoms with van der Waals surface area (Å²) in [6, 6.07) is 0.209. The fourth-order valence-corrected chi connectivity index (χ4v) is 2.80. The van der Waals surface area contributed by atoms with E-state index in [1.807, 2.05) is 6.92 Å². The Morgan fingerprint density at radius 2 is 2.36 bits per heavy atom. The van der Waals surface area contributed by atoms with Gasteiger partial charge in [0.05, 0.1) is 11.1 Å². The van der Waals surface area contributed by atoms with Crippen molar-refractivity contribution in [3.05, 3.63) is 20.8 Å². The molecule has 80 valence electrons. The Morgan fingerprint density at radius 1 is 1.64 bits per heavy atom. The molecule has 0 radical (unpaired) electrons. The fourth-order valence-electron chi connectivity index (χ4n) is 1.38. The number of unbranched alkanes of at least 4 members (excludes halogenated alkanes) is 1. The second-order valence-electron chi connectivity index (χ2n) is 3.46. The Labute approximate surface area is 94.4 Å². The summed E-state index contributed by atoms with van der Waals surface area (Å²) in [4.78, 5) is 1.17. The molecule has 0 spiro atoms. The minimum Gasteiger partial charge on any atom is -0.271 e.